The van der Waals surface area contributed by atoms with Crippen molar-refractivity contribution in [1.29, 1.82) is 0 Å². The molecule has 53 valence electrons. The van der Waals surface area contributed by atoms with Gasteiger partial charge in [0.1, 0.15) is 6.54 Å². The highest BCUT2D eigenvalue weighted by Gasteiger charge is 1.93. The van der Waals surface area contributed by atoms with E-state index in [9.17, 15) is 0 Å². The summed E-state index contributed by atoms with van der Waals surface area (Å²) in [5, 5.41) is 0. The highest BCUT2D eigenvalue weighted by atomic mass is 14.9. The van der Waals surface area contributed by atoms with Crippen LogP contribution in [0, 0.1) is 6.07 Å². The first kappa shape index (κ1) is 7.26. The van der Waals surface area contributed by atoms with Crippen LogP contribution in [0.4, 0.5) is 0 Å². The SMILES string of the molecule is CCCC[n+]1cc[c]cc1. The molecule has 0 unspecified atom stereocenters. The summed E-state index contributed by atoms with van der Waals surface area (Å²) >= 11 is 0. The molecule has 0 fully saturated rings. The molecule has 1 nitrogen and oxygen atoms in total. The largest absolute Gasteiger partial charge is 0.205 e. The Morgan fingerprint density at radius 1 is 1.30 bits per heavy atom. The van der Waals surface area contributed by atoms with Gasteiger partial charge in [-0.2, -0.15) is 0 Å². The molecular formula is C9H13N+. The lowest BCUT2D eigenvalue weighted by Gasteiger charge is -1.91. The number of hydrogen-bond donors (Lipinski definition) is 0. The summed E-state index contributed by atoms with van der Waals surface area (Å²) in [7, 11) is 0. The molecule has 1 aromatic rings. The van der Waals surface area contributed by atoms with Crippen LogP contribution in [-0.4, -0.2) is 0 Å². The fourth-order valence-electron chi connectivity index (χ4n) is 0.873. The van der Waals surface area contributed by atoms with Gasteiger partial charge in [-0.1, -0.05) is 13.3 Å². The first-order valence-corrected chi connectivity index (χ1v) is 3.78. The maximum atomic E-state index is 2.99. The third-order valence-corrected chi connectivity index (χ3v) is 1.49. The molecule has 1 aromatic heterocycles. The summed E-state index contributed by atoms with van der Waals surface area (Å²) in [6.45, 7) is 3.33. The van der Waals surface area contributed by atoms with Crippen LogP contribution in [0.15, 0.2) is 24.5 Å². The Bertz CT molecular complexity index is 169. The van der Waals surface area contributed by atoms with Crippen molar-refractivity contribution in [3.63, 3.8) is 0 Å². The molecule has 0 aliphatic carbocycles. The van der Waals surface area contributed by atoms with E-state index in [1.807, 2.05) is 12.1 Å². The highest BCUT2D eigenvalue weighted by molar-refractivity contribution is 4.80. The predicted octanol–water partition coefficient (Wildman–Crippen LogP) is 1.57. The van der Waals surface area contributed by atoms with E-state index >= 15 is 0 Å². The second-order valence-electron chi connectivity index (χ2n) is 2.39. The predicted molar refractivity (Wildman–Crippen MR) is 40.4 cm³/mol. The zero-order valence-corrected chi connectivity index (χ0v) is 6.38. The molecule has 1 heterocycles. The average molecular weight is 135 g/mol. The molecule has 10 heavy (non-hydrogen) atoms. The zero-order chi connectivity index (χ0) is 7.23. The van der Waals surface area contributed by atoms with Gasteiger partial charge in [-0.25, -0.2) is 4.57 Å². The monoisotopic (exact) mass is 135 g/mol. The molecule has 0 aliphatic rings. The van der Waals surface area contributed by atoms with E-state index in [2.05, 4.69) is 30.0 Å². The molecule has 0 aliphatic heterocycles. The smallest absolute Gasteiger partial charge is 0.169 e. The van der Waals surface area contributed by atoms with Crippen LogP contribution in [0.5, 0.6) is 0 Å². The molecule has 1 rings (SSSR count). The maximum Gasteiger partial charge on any atom is 0.169 e. The fourth-order valence-corrected chi connectivity index (χ4v) is 0.873. The summed E-state index contributed by atoms with van der Waals surface area (Å²) < 4.78 is 2.18. The van der Waals surface area contributed by atoms with Gasteiger partial charge in [-0.05, 0) is 6.07 Å². The third kappa shape index (κ3) is 2.18. The van der Waals surface area contributed by atoms with Gasteiger partial charge < -0.3 is 0 Å². The number of pyridine rings is 1. The Morgan fingerprint density at radius 2 is 2.00 bits per heavy atom. The fraction of sp³-hybridized carbons (Fsp3) is 0.444. The van der Waals surface area contributed by atoms with Crippen LogP contribution >= 0.6 is 0 Å². The zero-order valence-electron chi connectivity index (χ0n) is 6.38. The Kier molecular flexibility index (Phi) is 2.94. The molecule has 1 radical (unpaired) electrons. The molecule has 0 N–H and O–H groups in total. The number of unbranched alkanes of at least 4 members (excludes halogenated alkanes) is 1. The topological polar surface area (TPSA) is 3.88 Å². The van der Waals surface area contributed by atoms with E-state index < -0.39 is 0 Å². The van der Waals surface area contributed by atoms with Crippen molar-refractivity contribution in [2.24, 2.45) is 0 Å². The second-order valence-corrected chi connectivity index (χ2v) is 2.39. The molecule has 1 heteroatoms. The summed E-state index contributed by atoms with van der Waals surface area (Å²) in [6, 6.07) is 6.87. The number of aryl methyl sites for hydroxylation is 1. The number of rotatable bonds is 3. The van der Waals surface area contributed by atoms with Gasteiger partial charge in [0, 0.05) is 18.6 Å². The molecule has 0 saturated heterocycles. The van der Waals surface area contributed by atoms with Gasteiger partial charge in [0.15, 0.2) is 12.4 Å². The quantitative estimate of drug-likeness (QED) is 0.554. The molecule has 0 spiro atoms. The lowest BCUT2D eigenvalue weighted by Crippen LogP contribution is -2.31. The molecule has 0 bridgehead atoms. The third-order valence-electron chi connectivity index (χ3n) is 1.49. The lowest BCUT2D eigenvalue weighted by molar-refractivity contribution is -0.697. The molecular weight excluding hydrogens is 122 g/mol. The van der Waals surface area contributed by atoms with E-state index in [0.29, 0.717) is 0 Å². The van der Waals surface area contributed by atoms with Gasteiger partial charge >= 0.3 is 0 Å². The first-order valence-electron chi connectivity index (χ1n) is 3.78. The van der Waals surface area contributed by atoms with Crippen molar-refractivity contribution >= 4 is 0 Å². The van der Waals surface area contributed by atoms with Gasteiger partial charge in [0.05, 0.1) is 0 Å². The van der Waals surface area contributed by atoms with Crippen LogP contribution in [0.1, 0.15) is 19.8 Å². The van der Waals surface area contributed by atoms with E-state index in [1.165, 1.54) is 12.8 Å². The van der Waals surface area contributed by atoms with Gasteiger partial charge in [-0.3, -0.25) is 0 Å². The lowest BCUT2D eigenvalue weighted by atomic mass is 10.3. The Balaban J connectivity index is 2.43. The Hall–Kier alpha value is -0.850. The maximum absolute atomic E-state index is 2.99. The number of hydrogen-bond acceptors (Lipinski definition) is 0. The first-order chi connectivity index (χ1) is 4.93. The van der Waals surface area contributed by atoms with Crippen molar-refractivity contribution in [2.45, 2.75) is 26.3 Å². The summed E-state index contributed by atoms with van der Waals surface area (Å²) in [5.74, 6) is 0. The van der Waals surface area contributed by atoms with Crippen LogP contribution in [0.3, 0.4) is 0 Å². The average Bonchev–Trinajstić information content (AvgIpc) is 2.03. The van der Waals surface area contributed by atoms with Crippen molar-refractivity contribution < 1.29 is 4.57 Å². The van der Waals surface area contributed by atoms with Crippen molar-refractivity contribution in [3.8, 4) is 0 Å². The van der Waals surface area contributed by atoms with Crippen LogP contribution in [0.25, 0.3) is 0 Å². The normalized spacial score (nSPS) is 9.70. The minimum atomic E-state index is 1.13. The van der Waals surface area contributed by atoms with Crippen LogP contribution in [-0.2, 0) is 6.54 Å². The molecule has 0 atom stereocenters. The molecule has 0 amide bonds. The van der Waals surface area contributed by atoms with Crippen molar-refractivity contribution in [1.82, 2.24) is 0 Å². The minimum Gasteiger partial charge on any atom is -0.205 e. The molecule has 0 aromatic carbocycles. The van der Waals surface area contributed by atoms with Crippen molar-refractivity contribution in [3.05, 3.63) is 30.6 Å². The molecule has 0 saturated carbocycles. The summed E-state index contributed by atoms with van der Waals surface area (Å²) in [6.07, 6.45) is 6.62. The Morgan fingerprint density at radius 3 is 2.60 bits per heavy atom. The second kappa shape index (κ2) is 4.04. The van der Waals surface area contributed by atoms with E-state index in [-0.39, 0.29) is 0 Å². The van der Waals surface area contributed by atoms with Gasteiger partial charge in [0.25, 0.3) is 0 Å². The van der Waals surface area contributed by atoms with Gasteiger partial charge in [-0.15, -0.1) is 0 Å². The number of aromatic nitrogens is 1. The summed E-state index contributed by atoms with van der Waals surface area (Å²) in [4.78, 5) is 0. The van der Waals surface area contributed by atoms with E-state index in [4.69, 9.17) is 0 Å². The summed E-state index contributed by atoms with van der Waals surface area (Å²) in [5.41, 5.74) is 0. The Labute approximate surface area is 62.3 Å². The highest BCUT2D eigenvalue weighted by Crippen LogP contribution is 1.85. The number of nitrogens with zero attached hydrogens (tertiary/aromatic N) is 1. The van der Waals surface area contributed by atoms with Crippen LogP contribution < -0.4 is 4.57 Å². The van der Waals surface area contributed by atoms with E-state index in [1.54, 1.807) is 0 Å². The van der Waals surface area contributed by atoms with Crippen molar-refractivity contribution in [2.75, 3.05) is 0 Å². The van der Waals surface area contributed by atoms with Crippen LogP contribution in [0.2, 0.25) is 0 Å². The van der Waals surface area contributed by atoms with Gasteiger partial charge in [0.2, 0.25) is 0 Å². The minimum absolute atomic E-state index is 1.13. The van der Waals surface area contributed by atoms with E-state index in [0.717, 1.165) is 6.54 Å². The standard InChI is InChI=1S/C9H13N/c1-2-3-7-10-8-5-4-6-9-10/h5-6,8-9H,2-3,7H2,1H3/q+1.